The third kappa shape index (κ3) is 4.46. The first-order valence-electron chi connectivity index (χ1n) is 10.0. The van der Waals surface area contributed by atoms with E-state index in [1.165, 1.54) is 14.2 Å². The highest BCUT2D eigenvalue weighted by Crippen LogP contribution is 2.38. The van der Waals surface area contributed by atoms with Crippen molar-refractivity contribution in [3.63, 3.8) is 0 Å². The van der Waals surface area contributed by atoms with Gasteiger partial charge in [-0.05, 0) is 18.9 Å². The Balaban J connectivity index is 1.92. The summed E-state index contributed by atoms with van der Waals surface area (Å²) >= 11 is 1.85. The number of carbonyl (C=O) groups excluding carboxylic acids is 3. The Bertz CT molecular complexity index is 884. The maximum atomic E-state index is 13.3. The summed E-state index contributed by atoms with van der Waals surface area (Å²) in [6.45, 7) is 3.15. The normalized spacial score (nSPS) is 18.6. The molecule has 1 amide bonds. The molecular formula is C23H27NO5S. The largest absolute Gasteiger partial charge is 0.489 e. The fraction of sp³-hybridized carbons (Fsp3) is 0.435. The molecule has 7 heteroatoms. The molecule has 1 atom stereocenters. The van der Waals surface area contributed by atoms with E-state index in [9.17, 15) is 14.4 Å². The van der Waals surface area contributed by atoms with E-state index in [0.29, 0.717) is 24.0 Å². The van der Waals surface area contributed by atoms with Crippen LogP contribution in [0.2, 0.25) is 0 Å². The van der Waals surface area contributed by atoms with E-state index in [-0.39, 0.29) is 34.9 Å². The lowest BCUT2D eigenvalue weighted by atomic mass is 9.78. The minimum atomic E-state index is -0.380. The molecule has 1 aromatic carbocycles. The van der Waals surface area contributed by atoms with Crippen LogP contribution in [0.25, 0.3) is 0 Å². The van der Waals surface area contributed by atoms with E-state index in [4.69, 9.17) is 9.47 Å². The van der Waals surface area contributed by atoms with Crippen LogP contribution in [0.1, 0.15) is 31.2 Å². The summed E-state index contributed by atoms with van der Waals surface area (Å²) in [6.07, 6.45) is 0.753. The number of hydrogen-bond donors (Lipinski definition) is 0. The molecule has 1 heterocycles. The van der Waals surface area contributed by atoms with Gasteiger partial charge in [0.25, 0.3) is 0 Å². The Morgan fingerprint density at radius 1 is 1.03 bits per heavy atom. The van der Waals surface area contributed by atoms with E-state index in [2.05, 4.69) is 0 Å². The van der Waals surface area contributed by atoms with Crippen LogP contribution in [0.15, 0.2) is 53.0 Å². The van der Waals surface area contributed by atoms with Crippen LogP contribution in [0.3, 0.4) is 0 Å². The van der Waals surface area contributed by atoms with Crippen molar-refractivity contribution >= 4 is 29.2 Å². The molecule has 0 spiro atoms. The lowest BCUT2D eigenvalue weighted by Crippen LogP contribution is -2.38. The summed E-state index contributed by atoms with van der Waals surface area (Å²) in [4.78, 5) is 40.8. The number of hydrogen-bond acceptors (Lipinski definition) is 6. The van der Waals surface area contributed by atoms with Crippen molar-refractivity contribution in [3.8, 4) is 0 Å². The molecule has 3 rings (SSSR count). The number of nitrogens with zero attached hydrogens (tertiary/aromatic N) is 1. The molecule has 0 radical (unpaired) electrons. The quantitative estimate of drug-likeness (QED) is 0.620. The zero-order valence-electron chi connectivity index (χ0n) is 17.6. The second-order valence-corrected chi connectivity index (χ2v) is 8.48. The van der Waals surface area contributed by atoms with Gasteiger partial charge in [0.1, 0.15) is 0 Å². The molecule has 2 aliphatic rings. The van der Waals surface area contributed by atoms with Crippen molar-refractivity contribution in [1.82, 2.24) is 4.90 Å². The molecular weight excluding hydrogens is 402 g/mol. The van der Waals surface area contributed by atoms with Crippen LogP contribution < -0.4 is 0 Å². The van der Waals surface area contributed by atoms with Gasteiger partial charge in [0.05, 0.1) is 14.2 Å². The number of amides is 1. The van der Waals surface area contributed by atoms with Crippen LogP contribution in [0, 0.1) is 0 Å². The first kappa shape index (κ1) is 22.2. The van der Waals surface area contributed by atoms with Gasteiger partial charge >= 0.3 is 0 Å². The molecule has 1 aliphatic carbocycles. The molecule has 6 nitrogen and oxygen atoms in total. The van der Waals surface area contributed by atoms with Gasteiger partial charge in [0, 0.05) is 48.1 Å². The molecule has 1 unspecified atom stereocenters. The van der Waals surface area contributed by atoms with Crippen LogP contribution in [-0.2, 0) is 23.9 Å². The standard InChI is InChI=1S/C23H27NO5S/c1-15-19(21(27)23(29-3)22(28-2)20(15)26)17(16-7-5-4-6-8-16)9-10-18(25)24-11-13-30-14-12-24/h4-8,17H,9-14H2,1-3H3. The van der Waals surface area contributed by atoms with Crippen LogP contribution >= 0.6 is 11.8 Å². The molecule has 1 aromatic rings. The Morgan fingerprint density at radius 2 is 1.63 bits per heavy atom. The van der Waals surface area contributed by atoms with Gasteiger partial charge in [-0.15, -0.1) is 0 Å². The SMILES string of the molecule is COC1=C(OC)C(=O)C(C(CCC(=O)N2CCSCC2)c2ccccc2)=C(C)C1=O. The number of Topliss-reactive ketones (excluding diaryl/α,β-unsaturated/α-hetero) is 2. The van der Waals surface area contributed by atoms with Gasteiger partial charge < -0.3 is 14.4 Å². The Hall–Kier alpha value is -2.54. The average molecular weight is 430 g/mol. The van der Waals surface area contributed by atoms with Gasteiger partial charge in [-0.25, -0.2) is 0 Å². The van der Waals surface area contributed by atoms with Crippen molar-refractivity contribution < 1.29 is 23.9 Å². The number of carbonyl (C=O) groups is 3. The van der Waals surface area contributed by atoms with Crippen molar-refractivity contribution in [2.75, 3.05) is 38.8 Å². The number of thioether (sulfide) groups is 1. The number of benzene rings is 1. The smallest absolute Gasteiger partial charge is 0.228 e. The van der Waals surface area contributed by atoms with Crippen molar-refractivity contribution in [2.24, 2.45) is 0 Å². The van der Waals surface area contributed by atoms with Gasteiger partial charge in [-0.2, -0.15) is 11.8 Å². The predicted octanol–water partition coefficient (Wildman–Crippen LogP) is 3.10. The summed E-state index contributed by atoms with van der Waals surface area (Å²) in [5.74, 6) is 0.741. The number of rotatable bonds is 7. The van der Waals surface area contributed by atoms with Gasteiger partial charge in [0.2, 0.25) is 29.0 Å². The number of allylic oxidation sites excluding steroid dienone is 2. The average Bonchev–Trinajstić information content (AvgIpc) is 2.79. The maximum Gasteiger partial charge on any atom is 0.228 e. The third-order valence-corrected chi connectivity index (χ3v) is 6.52. The highest BCUT2D eigenvalue weighted by Gasteiger charge is 2.38. The molecule has 1 saturated heterocycles. The zero-order valence-corrected chi connectivity index (χ0v) is 18.4. The van der Waals surface area contributed by atoms with Crippen LogP contribution in [0.4, 0.5) is 0 Å². The van der Waals surface area contributed by atoms with E-state index in [0.717, 1.165) is 30.2 Å². The summed E-state index contributed by atoms with van der Waals surface area (Å²) in [7, 11) is 2.70. The van der Waals surface area contributed by atoms with E-state index >= 15 is 0 Å². The Labute approximate surface area is 181 Å². The fourth-order valence-corrected chi connectivity index (χ4v) is 4.89. The molecule has 30 heavy (non-hydrogen) atoms. The Kier molecular flexibility index (Phi) is 7.37. The van der Waals surface area contributed by atoms with Gasteiger partial charge in [0.15, 0.2) is 0 Å². The highest BCUT2D eigenvalue weighted by molar-refractivity contribution is 7.99. The zero-order chi connectivity index (χ0) is 21.7. The van der Waals surface area contributed by atoms with Crippen molar-refractivity contribution in [3.05, 3.63) is 58.6 Å². The topological polar surface area (TPSA) is 72.9 Å². The van der Waals surface area contributed by atoms with Crippen LogP contribution in [-0.4, -0.2) is 61.2 Å². The predicted molar refractivity (Wildman–Crippen MR) is 116 cm³/mol. The van der Waals surface area contributed by atoms with Crippen LogP contribution in [0.5, 0.6) is 0 Å². The first-order chi connectivity index (χ1) is 14.5. The molecule has 160 valence electrons. The molecule has 1 fully saturated rings. The van der Waals surface area contributed by atoms with E-state index < -0.39 is 0 Å². The highest BCUT2D eigenvalue weighted by atomic mass is 32.2. The van der Waals surface area contributed by atoms with Gasteiger partial charge in [-0.1, -0.05) is 30.3 Å². The minimum absolute atomic E-state index is 0.0718. The number of ketones is 2. The lowest BCUT2D eigenvalue weighted by Gasteiger charge is -2.29. The number of ether oxygens (including phenoxy) is 2. The fourth-order valence-electron chi connectivity index (χ4n) is 3.98. The summed E-state index contributed by atoms with van der Waals surface area (Å²) in [5.41, 5.74) is 1.62. The molecule has 0 N–H and O–H groups in total. The summed E-state index contributed by atoms with van der Waals surface area (Å²) in [5, 5.41) is 0. The molecule has 0 aromatic heterocycles. The third-order valence-electron chi connectivity index (χ3n) is 5.58. The van der Waals surface area contributed by atoms with Crippen molar-refractivity contribution in [2.45, 2.75) is 25.7 Å². The number of methoxy groups -OCH3 is 2. The molecule has 0 bridgehead atoms. The lowest BCUT2D eigenvalue weighted by molar-refractivity contribution is -0.131. The summed E-state index contributed by atoms with van der Waals surface area (Å²) in [6, 6.07) is 9.53. The summed E-state index contributed by atoms with van der Waals surface area (Å²) < 4.78 is 10.4. The van der Waals surface area contributed by atoms with Crippen molar-refractivity contribution in [1.29, 1.82) is 0 Å². The first-order valence-corrected chi connectivity index (χ1v) is 11.2. The second-order valence-electron chi connectivity index (χ2n) is 7.26. The van der Waals surface area contributed by atoms with E-state index in [1.807, 2.05) is 47.0 Å². The minimum Gasteiger partial charge on any atom is -0.489 e. The molecule has 1 aliphatic heterocycles. The maximum absolute atomic E-state index is 13.3. The van der Waals surface area contributed by atoms with Gasteiger partial charge in [-0.3, -0.25) is 14.4 Å². The molecule has 0 saturated carbocycles. The monoisotopic (exact) mass is 429 g/mol. The second kappa shape index (κ2) is 9.98. The Morgan fingerprint density at radius 3 is 2.23 bits per heavy atom. The van der Waals surface area contributed by atoms with E-state index in [1.54, 1.807) is 6.92 Å².